The minimum atomic E-state index is 0.167. The zero-order valence-corrected chi connectivity index (χ0v) is 15.1. The van der Waals surface area contributed by atoms with Gasteiger partial charge in [0, 0.05) is 12.5 Å². The molecule has 1 aliphatic heterocycles. The number of amides is 1. The normalized spacial score (nSPS) is 23.6. The Labute approximate surface area is 144 Å². The zero-order valence-electron chi connectivity index (χ0n) is 15.1. The molecule has 2 aliphatic rings. The van der Waals surface area contributed by atoms with Crippen molar-refractivity contribution in [3.63, 3.8) is 0 Å². The Hall–Kier alpha value is -1.71. The molecule has 1 aromatic carbocycles. The van der Waals surface area contributed by atoms with E-state index in [1.165, 1.54) is 0 Å². The molecule has 1 amide bonds. The summed E-state index contributed by atoms with van der Waals surface area (Å²) in [5, 5.41) is 3.09. The number of rotatable bonds is 3. The number of nitrogens with one attached hydrogen (secondary N) is 1. The second kappa shape index (κ2) is 7.04. The Morgan fingerprint density at radius 1 is 1.08 bits per heavy atom. The van der Waals surface area contributed by atoms with E-state index in [-0.39, 0.29) is 11.8 Å². The van der Waals surface area contributed by atoms with E-state index in [1.807, 2.05) is 18.2 Å². The van der Waals surface area contributed by atoms with Crippen molar-refractivity contribution in [2.75, 3.05) is 13.2 Å². The molecular weight excluding hydrogens is 302 g/mol. The quantitative estimate of drug-likeness (QED) is 0.913. The maximum atomic E-state index is 12.4. The Kier molecular flexibility index (Phi) is 5.02. The molecule has 0 saturated heterocycles. The van der Waals surface area contributed by atoms with Crippen LogP contribution in [0, 0.1) is 17.3 Å². The first-order chi connectivity index (χ1) is 11.4. The molecule has 1 N–H and O–H groups in total. The minimum Gasteiger partial charge on any atom is -0.486 e. The Morgan fingerprint density at radius 3 is 2.42 bits per heavy atom. The maximum absolute atomic E-state index is 12.4. The van der Waals surface area contributed by atoms with Crippen LogP contribution in [0.3, 0.4) is 0 Å². The third kappa shape index (κ3) is 4.03. The molecule has 0 bridgehead atoms. The van der Waals surface area contributed by atoms with Crippen molar-refractivity contribution in [2.45, 2.75) is 53.0 Å². The summed E-state index contributed by atoms with van der Waals surface area (Å²) in [5.74, 6) is 2.66. The van der Waals surface area contributed by atoms with Crippen LogP contribution in [0.25, 0.3) is 0 Å². The lowest BCUT2D eigenvalue weighted by molar-refractivity contribution is -0.126. The summed E-state index contributed by atoms with van der Waals surface area (Å²) in [6.45, 7) is 8.65. The summed E-state index contributed by atoms with van der Waals surface area (Å²) in [5.41, 5.74) is 1.41. The van der Waals surface area contributed by atoms with Gasteiger partial charge in [-0.05, 0) is 54.7 Å². The van der Waals surface area contributed by atoms with E-state index >= 15 is 0 Å². The van der Waals surface area contributed by atoms with Gasteiger partial charge in [0.2, 0.25) is 5.91 Å². The molecule has 0 atom stereocenters. The molecule has 1 saturated carbocycles. The smallest absolute Gasteiger partial charge is 0.223 e. The van der Waals surface area contributed by atoms with Gasteiger partial charge < -0.3 is 14.8 Å². The molecule has 3 rings (SSSR count). The van der Waals surface area contributed by atoms with Gasteiger partial charge in [-0.3, -0.25) is 4.79 Å². The van der Waals surface area contributed by atoms with Crippen LogP contribution < -0.4 is 14.8 Å². The number of carbonyl (C=O) groups excluding carboxylic acids is 1. The van der Waals surface area contributed by atoms with Crippen LogP contribution >= 0.6 is 0 Å². The van der Waals surface area contributed by atoms with Gasteiger partial charge in [-0.15, -0.1) is 0 Å². The predicted octanol–water partition coefficient (Wildman–Crippen LogP) is 3.93. The Bertz CT molecular complexity index is 583. The largest absolute Gasteiger partial charge is 0.486 e. The van der Waals surface area contributed by atoms with Gasteiger partial charge in [0.05, 0.1) is 0 Å². The number of fused-ring (bicyclic) bond motifs is 1. The van der Waals surface area contributed by atoms with Crippen molar-refractivity contribution in [3.8, 4) is 11.5 Å². The fourth-order valence-electron chi connectivity index (χ4n) is 3.75. The third-order valence-electron chi connectivity index (χ3n) is 5.40. The molecule has 1 fully saturated rings. The second-order valence-corrected chi connectivity index (χ2v) is 8.11. The number of carbonyl (C=O) groups is 1. The van der Waals surface area contributed by atoms with Crippen LogP contribution in [0.1, 0.15) is 52.0 Å². The highest BCUT2D eigenvalue weighted by Gasteiger charge is 2.32. The van der Waals surface area contributed by atoms with Crippen LogP contribution in [0.5, 0.6) is 11.5 Å². The van der Waals surface area contributed by atoms with E-state index in [2.05, 4.69) is 26.1 Å². The monoisotopic (exact) mass is 331 g/mol. The van der Waals surface area contributed by atoms with Gasteiger partial charge in [-0.2, -0.15) is 0 Å². The fourth-order valence-corrected chi connectivity index (χ4v) is 3.75. The summed E-state index contributed by atoms with van der Waals surface area (Å²) in [7, 11) is 0. The standard InChI is InChI=1S/C20H29NO3/c1-20(2,3)16-7-5-15(6-8-16)19(22)21-13-14-4-9-17-18(12-14)24-11-10-23-17/h4,9,12,15-16H,5-8,10-11,13H2,1-3H3,(H,21,22). The van der Waals surface area contributed by atoms with Crippen LogP contribution in [0.4, 0.5) is 0 Å². The van der Waals surface area contributed by atoms with Gasteiger partial charge in [-0.1, -0.05) is 26.8 Å². The number of ether oxygens (including phenoxy) is 2. The first kappa shape index (κ1) is 17.1. The topological polar surface area (TPSA) is 47.6 Å². The first-order valence-electron chi connectivity index (χ1n) is 9.10. The Balaban J connectivity index is 1.49. The average molecular weight is 331 g/mol. The van der Waals surface area contributed by atoms with E-state index in [9.17, 15) is 4.79 Å². The molecule has 1 aliphatic carbocycles. The molecule has 0 radical (unpaired) electrons. The number of hydrogen-bond donors (Lipinski definition) is 1. The van der Waals surface area contributed by atoms with Gasteiger partial charge in [0.15, 0.2) is 11.5 Å². The third-order valence-corrected chi connectivity index (χ3v) is 5.40. The SMILES string of the molecule is CC(C)(C)C1CCC(C(=O)NCc2ccc3c(c2)OCCO3)CC1. The fraction of sp³-hybridized carbons (Fsp3) is 0.650. The molecule has 0 spiro atoms. The highest BCUT2D eigenvalue weighted by molar-refractivity contribution is 5.78. The molecule has 4 nitrogen and oxygen atoms in total. The van der Waals surface area contributed by atoms with Crippen LogP contribution in [0.15, 0.2) is 18.2 Å². The molecule has 4 heteroatoms. The van der Waals surface area contributed by atoms with Crippen molar-refractivity contribution in [2.24, 2.45) is 17.3 Å². The van der Waals surface area contributed by atoms with E-state index in [1.54, 1.807) is 0 Å². The number of benzene rings is 1. The molecule has 0 unspecified atom stereocenters. The molecule has 1 aromatic rings. The number of hydrogen-bond acceptors (Lipinski definition) is 3. The van der Waals surface area contributed by atoms with Gasteiger partial charge in [0.25, 0.3) is 0 Å². The molecule has 24 heavy (non-hydrogen) atoms. The summed E-state index contributed by atoms with van der Waals surface area (Å²) < 4.78 is 11.1. The minimum absolute atomic E-state index is 0.167. The molecular formula is C20H29NO3. The second-order valence-electron chi connectivity index (χ2n) is 8.11. The van der Waals surface area contributed by atoms with Crippen molar-refractivity contribution in [1.29, 1.82) is 0 Å². The van der Waals surface area contributed by atoms with Crippen molar-refractivity contribution < 1.29 is 14.3 Å². The lowest BCUT2D eigenvalue weighted by Crippen LogP contribution is -2.35. The van der Waals surface area contributed by atoms with Crippen LogP contribution in [0.2, 0.25) is 0 Å². The maximum Gasteiger partial charge on any atom is 0.223 e. The van der Waals surface area contributed by atoms with E-state index in [4.69, 9.17) is 9.47 Å². The molecule has 132 valence electrons. The average Bonchev–Trinajstić information content (AvgIpc) is 2.59. The van der Waals surface area contributed by atoms with Crippen molar-refractivity contribution in [1.82, 2.24) is 5.32 Å². The highest BCUT2D eigenvalue weighted by atomic mass is 16.6. The highest BCUT2D eigenvalue weighted by Crippen LogP contribution is 2.39. The predicted molar refractivity (Wildman–Crippen MR) is 94.2 cm³/mol. The van der Waals surface area contributed by atoms with Crippen molar-refractivity contribution in [3.05, 3.63) is 23.8 Å². The molecule has 1 heterocycles. The van der Waals surface area contributed by atoms with Gasteiger partial charge in [0.1, 0.15) is 13.2 Å². The zero-order chi connectivity index (χ0) is 17.2. The van der Waals surface area contributed by atoms with Gasteiger partial charge >= 0.3 is 0 Å². The van der Waals surface area contributed by atoms with Crippen molar-refractivity contribution >= 4 is 5.91 Å². The molecule has 0 aromatic heterocycles. The van der Waals surface area contributed by atoms with Crippen LogP contribution in [-0.4, -0.2) is 19.1 Å². The van der Waals surface area contributed by atoms with E-state index < -0.39 is 0 Å². The Morgan fingerprint density at radius 2 is 1.75 bits per heavy atom. The van der Waals surface area contributed by atoms with E-state index in [0.717, 1.165) is 48.7 Å². The lowest BCUT2D eigenvalue weighted by Gasteiger charge is -2.36. The summed E-state index contributed by atoms with van der Waals surface area (Å²) in [4.78, 5) is 12.4. The van der Waals surface area contributed by atoms with Crippen LogP contribution in [-0.2, 0) is 11.3 Å². The first-order valence-corrected chi connectivity index (χ1v) is 9.10. The van der Waals surface area contributed by atoms with E-state index in [0.29, 0.717) is 25.2 Å². The lowest BCUT2D eigenvalue weighted by atomic mass is 9.69. The van der Waals surface area contributed by atoms with Gasteiger partial charge in [-0.25, -0.2) is 0 Å². The summed E-state index contributed by atoms with van der Waals surface area (Å²) >= 11 is 0. The summed E-state index contributed by atoms with van der Waals surface area (Å²) in [6, 6.07) is 5.88. The summed E-state index contributed by atoms with van der Waals surface area (Å²) in [6.07, 6.45) is 4.33.